The average Bonchev–Trinajstić information content (AvgIpc) is 3.02. The van der Waals surface area contributed by atoms with Gasteiger partial charge in [-0.1, -0.05) is 109 Å². The van der Waals surface area contributed by atoms with Crippen molar-refractivity contribution in [2.75, 3.05) is 26.2 Å². The van der Waals surface area contributed by atoms with Gasteiger partial charge in [0.1, 0.15) is 0 Å². The van der Waals surface area contributed by atoms with Gasteiger partial charge in [0.25, 0.3) is 0 Å². The van der Waals surface area contributed by atoms with E-state index in [-0.39, 0.29) is 0 Å². The number of aliphatic imine (C=N–C) groups is 2. The summed E-state index contributed by atoms with van der Waals surface area (Å²) < 4.78 is 0. The lowest BCUT2D eigenvalue weighted by molar-refractivity contribution is 0.699. The molecule has 41 heavy (non-hydrogen) atoms. The topological polar surface area (TPSA) is 36.8 Å². The zero-order valence-electron chi connectivity index (χ0n) is 22.8. The molecule has 196 valence electrons. The molecule has 0 aliphatic carbocycles. The van der Waals surface area contributed by atoms with Gasteiger partial charge in [-0.15, -0.1) is 0 Å². The van der Waals surface area contributed by atoms with E-state index >= 15 is 0 Å². The number of hydrogen-bond acceptors (Lipinski definition) is 3. The van der Waals surface area contributed by atoms with E-state index in [9.17, 15) is 0 Å². The lowest BCUT2D eigenvalue weighted by Gasteiger charge is -2.12. The Morgan fingerprint density at radius 2 is 0.780 bits per heavy atom. The summed E-state index contributed by atoms with van der Waals surface area (Å²) in [7, 11) is 0. The lowest BCUT2D eigenvalue weighted by Crippen LogP contribution is -2.20. The van der Waals surface area contributed by atoms with Crippen LogP contribution >= 0.6 is 0 Å². The number of hydrogen-bond donors (Lipinski definition) is 1. The molecule has 8 rings (SSSR count). The average molecular weight is 528 g/mol. The van der Waals surface area contributed by atoms with Crippen molar-refractivity contribution < 1.29 is 0 Å². The maximum atomic E-state index is 4.74. The third-order valence-electron chi connectivity index (χ3n) is 8.42. The Morgan fingerprint density at radius 1 is 0.415 bits per heavy atom. The molecule has 0 bridgehead atoms. The number of nitrogens with zero attached hydrogens (tertiary/aromatic N) is 2. The van der Waals surface area contributed by atoms with Crippen LogP contribution in [-0.2, 0) is 0 Å². The second-order valence-electron chi connectivity index (χ2n) is 10.8. The fourth-order valence-electron chi connectivity index (χ4n) is 6.48. The molecule has 0 heterocycles. The highest BCUT2D eigenvalue weighted by Gasteiger charge is 2.11. The van der Waals surface area contributed by atoms with Crippen LogP contribution in [0.1, 0.15) is 11.1 Å². The highest BCUT2D eigenvalue weighted by molar-refractivity contribution is 6.26. The van der Waals surface area contributed by atoms with Crippen LogP contribution in [0.3, 0.4) is 0 Å². The van der Waals surface area contributed by atoms with Crippen molar-refractivity contribution in [3.8, 4) is 0 Å². The van der Waals surface area contributed by atoms with Gasteiger partial charge in [-0.3, -0.25) is 9.98 Å². The first kappa shape index (κ1) is 24.0. The molecule has 0 amide bonds. The number of benzene rings is 8. The largest absolute Gasteiger partial charge is 0.313 e. The summed E-state index contributed by atoms with van der Waals surface area (Å²) in [6.45, 7) is 3.13. The molecule has 8 aromatic rings. The van der Waals surface area contributed by atoms with Gasteiger partial charge in [-0.05, 0) is 64.6 Å². The second kappa shape index (κ2) is 9.96. The van der Waals surface area contributed by atoms with Crippen LogP contribution in [-0.4, -0.2) is 38.6 Å². The number of nitrogens with one attached hydrogen (secondary N) is 1. The van der Waals surface area contributed by atoms with Crippen molar-refractivity contribution in [1.82, 2.24) is 5.32 Å². The minimum Gasteiger partial charge on any atom is -0.313 e. The van der Waals surface area contributed by atoms with Gasteiger partial charge >= 0.3 is 0 Å². The molecule has 0 unspecified atom stereocenters. The standard InChI is InChI=1S/C38H29N3/c1-3-25-7-9-29-11-13-31(33-17-15-27(5-1)35(25)37(29)33)23-40-21-19-39-20-22-41-24-32-14-12-30-10-8-26-4-2-6-28-16-18-34(32)38(30)36(26)28/h1-18,23-24,39H,19-22H2. The molecule has 3 heteroatoms. The van der Waals surface area contributed by atoms with Crippen LogP contribution < -0.4 is 5.32 Å². The van der Waals surface area contributed by atoms with Gasteiger partial charge in [0.2, 0.25) is 0 Å². The van der Waals surface area contributed by atoms with Gasteiger partial charge < -0.3 is 5.32 Å². The maximum Gasteiger partial charge on any atom is 0.0514 e. The summed E-state index contributed by atoms with van der Waals surface area (Å²) in [5.74, 6) is 0. The third-order valence-corrected chi connectivity index (χ3v) is 8.42. The van der Waals surface area contributed by atoms with Crippen LogP contribution in [0.25, 0.3) is 64.6 Å². The van der Waals surface area contributed by atoms with Gasteiger partial charge in [-0.25, -0.2) is 0 Å². The Hall–Kier alpha value is -4.86. The summed E-state index contributed by atoms with van der Waals surface area (Å²) in [4.78, 5) is 9.48. The molecular weight excluding hydrogens is 498 g/mol. The van der Waals surface area contributed by atoms with Crippen LogP contribution in [0, 0.1) is 0 Å². The van der Waals surface area contributed by atoms with Crippen molar-refractivity contribution in [1.29, 1.82) is 0 Å². The van der Waals surface area contributed by atoms with E-state index in [1.165, 1.54) is 75.8 Å². The monoisotopic (exact) mass is 527 g/mol. The van der Waals surface area contributed by atoms with E-state index in [0.717, 1.165) is 26.2 Å². The quantitative estimate of drug-likeness (QED) is 0.120. The molecule has 0 aliphatic heterocycles. The Labute approximate surface area is 238 Å². The third kappa shape index (κ3) is 4.09. The van der Waals surface area contributed by atoms with Gasteiger partial charge in [0, 0.05) is 36.6 Å². The minimum absolute atomic E-state index is 0.737. The predicted molar refractivity (Wildman–Crippen MR) is 178 cm³/mol. The molecule has 0 aromatic heterocycles. The second-order valence-corrected chi connectivity index (χ2v) is 10.8. The van der Waals surface area contributed by atoms with Crippen molar-refractivity contribution in [2.24, 2.45) is 9.98 Å². The molecule has 1 N–H and O–H groups in total. The highest BCUT2D eigenvalue weighted by Crippen LogP contribution is 2.36. The molecule has 8 aromatic carbocycles. The van der Waals surface area contributed by atoms with E-state index < -0.39 is 0 Å². The van der Waals surface area contributed by atoms with E-state index in [4.69, 9.17) is 9.98 Å². The van der Waals surface area contributed by atoms with Crippen LogP contribution in [0.15, 0.2) is 119 Å². The summed E-state index contributed by atoms with van der Waals surface area (Å²) in [5.41, 5.74) is 2.35. The molecule has 0 saturated carbocycles. The maximum absolute atomic E-state index is 4.74. The smallest absolute Gasteiger partial charge is 0.0514 e. The zero-order valence-corrected chi connectivity index (χ0v) is 22.8. The first-order valence-corrected chi connectivity index (χ1v) is 14.4. The first-order valence-electron chi connectivity index (χ1n) is 14.4. The lowest BCUT2D eigenvalue weighted by atomic mass is 9.92. The Balaban J connectivity index is 0.909. The highest BCUT2D eigenvalue weighted by atomic mass is 14.9. The molecule has 3 nitrogen and oxygen atoms in total. The van der Waals surface area contributed by atoms with Gasteiger partial charge in [0.15, 0.2) is 0 Å². The molecule has 0 saturated heterocycles. The summed E-state index contributed by atoms with van der Waals surface area (Å²) in [6, 6.07) is 39.7. The van der Waals surface area contributed by atoms with Crippen LogP contribution in [0.5, 0.6) is 0 Å². The van der Waals surface area contributed by atoms with Crippen molar-refractivity contribution in [3.05, 3.63) is 120 Å². The van der Waals surface area contributed by atoms with Crippen molar-refractivity contribution in [3.63, 3.8) is 0 Å². The van der Waals surface area contributed by atoms with Crippen molar-refractivity contribution in [2.45, 2.75) is 0 Å². The minimum atomic E-state index is 0.737. The molecule has 0 atom stereocenters. The Kier molecular flexibility index (Phi) is 5.82. The molecular formula is C38H29N3. The van der Waals surface area contributed by atoms with Crippen LogP contribution in [0.2, 0.25) is 0 Å². The Morgan fingerprint density at radius 3 is 1.22 bits per heavy atom. The molecule has 0 fully saturated rings. The SMILES string of the molecule is C(=NCCNCCN=Cc1ccc2ccc3cccc4ccc1c2c34)c1ccc2ccc3cccc4ccc1c2c34. The predicted octanol–water partition coefficient (Wildman–Crippen LogP) is 8.61. The fraction of sp³-hybridized carbons (Fsp3) is 0.105. The molecule has 0 spiro atoms. The normalized spacial score (nSPS) is 12.7. The first-order chi connectivity index (χ1) is 20.3. The summed E-state index contributed by atoms with van der Waals surface area (Å²) in [6.07, 6.45) is 4.05. The number of rotatable bonds is 8. The van der Waals surface area contributed by atoms with Gasteiger partial charge in [-0.2, -0.15) is 0 Å². The molecule has 0 aliphatic rings. The van der Waals surface area contributed by atoms with E-state index in [0.29, 0.717) is 0 Å². The van der Waals surface area contributed by atoms with E-state index in [1.807, 2.05) is 12.4 Å². The van der Waals surface area contributed by atoms with Crippen molar-refractivity contribution >= 4 is 77.1 Å². The fourth-order valence-corrected chi connectivity index (χ4v) is 6.48. The van der Waals surface area contributed by atoms with Gasteiger partial charge in [0.05, 0.1) is 13.1 Å². The van der Waals surface area contributed by atoms with E-state index in [2.05, 4.69) is 115 Å². The Bertz CT molecular complexity index is 2050. The van der Waals surface area contributed by atoms with E-state index in [1.54, 1.807) is 0 Å². The summed E-state index contributed by atoms with van der Waals surface area (Å²) in [5, 5.41) is 19.1. The zero-order chi connectivity index (χ0) is 27.2. The molecule has 0 radical (unpaired) electrons. The van der Waals surface area contributed by atoms with Crippen LogP contribution in [0.4, 0.5) is 0 Å². The summed E-state index contributed by atoms with van der Waals surface area (Å²) >= 11 is 0.